The first-order valence-electron chi connectivity index (χ1n) is 7.82. The lowest BCUT2D eigenvalue weighted by molar-refractivity contribution is -0.127. The minimum absolute atomic E-state index is 0.0243. The number of hydrogen-bond acceptors (Lipinski definition) is 1. The van der Waals surface area contributed by atoms with Gasteiger partial charge in [-0.3, -0.25) is 4.79 Å². The van der Waals surface area contributed by atoms with Crippen LogP contribution in [0.15, 0.2) is 61.2 Å². The highest BCUT2D eigenvalue weighted by Gasteiger charge is 2.26. The number of benzene rings is 2. The van der Waals surface area contributed by atoms with Crippen molar-refractivity contribution in [1.29, 1.82) is 0 Å². The average Bonchev–Trinajstić information content (AvgIpc) is 2.60. The Labute approximate surface area is 132 Å². The van der Waals surface area contributed by atoms with Gasteiger partial charge in [-0.05, 0) is 34.8 Å². The first-order chi connectivity index (χ1) is 10.7. The van der Waals surface area contributed by atoms with Gasteiger partial charge >= 0.3 is 0 Å². The Morgan fingerprint density at radius 3 is 2.68 bits per heavy atom. The summed E-state index contributed by atoms with van der Waals surface area (Å²) in [6.07, 6.45) is 2.45. The molecule has 0 bridgehead atoms. The molecule has 1 atom stereocenters. The molecule has 3 rings (SSSR count). The van der Waals surface area contributed by atoms with Gasteiger partial charge in [0.25, 0.3) is 0 Å². The lowest BCUT2D eigenvalue weighted by Crippen LogP contribution is -2.37. The summed E-state index contributed by atoms with van der Waals surface area (Å²) in [4.78, 5) is 13.8. The third kappa shape index (κ3) is 2.69. The average molecular weight is 291 g/mol. The van der Waals surface area contributed by atoms with Crippen LogP contribution in [0.1, 0.15) is 30.4 Å². The standard InChI is InChI=1S/C20H21NO/c1-3-15-13-21(20(22)4-2)14-18-11-10-17(12-19(15)18)16-8-6-5-7-9-16/h4-12,15H,2-3,13-14H2,1H3/t15-/m1/s1. The van der Waals surface area contributed by atoms with Gasteiger partial charge in [-0.2, -0.15) is 0 Å². The van der Waals surface area contributed by atoms with E-state index in [0.717, 1.165) is 13.0 Å². The molecule has 2 heteroatoms. The molecule has 1 amide bonds. The summed E-state index contributed by atoms with van der Waals surface area (Å²) in [6.45, 7) is 7.26. The summed E-state index contributed by atoms with van der Waals surface area (Å²) in [7, 11) is 0. The van der Waals surface area contributed by atoms with Crippen LogP contribution in [-0.2, 0) is 11.3 Å². The van der Waals surface area contributed by atoms with Crippen molar-refractivity contribution in [3.63, 3.8) is 0 Å². The molecule has 0 N–H and O–H groups in total. The topological polar surface area (TPSA) is 20.3 Å². The van der Waals surface area contributed by atoms with Gasteiger partial charge in [-0.15, -0.1) is 0 Å². The minimum atomic E-state index is 0.0243. The summed E-state index contributed by atoms with van der Waals surface area (Å²) in [5.74, 6) is 0.424. The predicted molar refractivity (Wildman–Crippen MR) is 90.5 cm³/mol. The van der Waals surface area contributed by atoms with Crippen LogP contribution in [0.2, 0.25) is 0 Å². The van der Waals surface area contributed by atoms with Crippen molar-refractivity contribution >= 4 is 5.91 Å². The third-order valence-electron chi connectivity index (χ3n) is 4.47. The first kappa shape index (κ1) is 14.6. The Morgan fingerprint density at radius 1 is 1.23 bits per heavy atom. The van der Waals surface area contributed by atoms with Gasteiger partial charge in [0.1, 0.15) is 0 Å². The van der Waals surface area contributed by atoms with Crippen LogP contribution >= 0.6 is 0 Å². The fourth-order valence-corrected chi connectivity index (χ4v) is 3.21. The van der Waals surface area contributed by atoms with Crippen LogP contribution < -0.4 is 0 Å². The SMILES string of the molecule is C=CC(=O)N1Cc2ccc(-c3ccccc3)cc2[C@H](CC)C1. The van der Waals surface area contributed by atoms with Gasteiger partial charge in [0, 0.05) is 19.0 Å². The molecule has 0 saturated carbocycles. The number of hydrogen-bond donors (Lipinski definition) is 0. The van der Waals surface area contributed by atoms with E-state index in [0.29, 0.717) is 12.5 Å². The molecular weight excluding hydrogens is 270 g/mol. The maximum atomic E-state index is 11.9. The summed E-state index contributed by atoms with van der Waals surface area (Å²) in [6, 6.07) is 17.1. The second-order valence-electron chi connectivity index (χ2n) is 5.81. The molecule has 112 valence electrons. The normalized spacial score (nSPS) is 17.0. The van der Waals surface area contributed by atoms with Crippen molar-refractivity contribution in [3.05, 3.63) is 72.3 Å². The molecule has 0 radical (unpaired) electrons. The van der Waals surface area contributed by atoms with Crippen LogP contribution in [0.3, 0.4) is 0 Å². The zero-order valence-corrected chi connectivity index (χ0v) is 13.0. The quantitative estimate of drug-likeness (QED) is 0.769. The molecule has 2 aromatic carbocycles. The Balaban J connectivity index is 1.98. The monoisotopic (exact) mass is 291 g/mol. The number of nitrogens with zero attached hydrogens (tertiary/aromatic N) is 1. The minimum Gasteiger partial charge on any atom is -0.334 e. The fraction of sp³-hybridized carbons (Fsp3) is 0.250. The van der Waals surface area contributed by atoms with Crippen LogP contribution in [0.5, 0.6) is 0 Å². The molecule has 2 nitrogen and oxygen atoms in total. The van der Waals surface area contributed by atoms with Gasteiger partial charge in [0.2, 0.25) is 5.91 Å². The Bertz CT molecular complexity index is 690. The molecule has 0 saturated heterocycles. The maximum Gasteiger partial charge on any atom is 0.246 e. The van der Waals surface area contributed by atoms with Gasteiger partial charge in [0.05, 0.1) is 0 Å². The highest BCUT2D eigenvalue weighted by molar-refractivity contribution is 5.87. The molecule has 0 unspecified atom stereocenters. The van der Waals surface area contributed by atoms with E-state index in [1.807, 2.05) is 11.0 Å². The summed E-state index contributed by atoms with van der Waals surface area (Å²) in [5, 5.41) is 0. The number of amides is 1. The zero-order chi connectivity index (χ0) is 15.5. The van der Waals surface area contributed by atoms with Gasteiger partial charge in [0.15, 0.2) is 0 Å². The number of rotatable bonds is 3. The molecule has 1 aliphatic rings. The van der Waals surface area contributed by atoms with Crippen molar-refractivity contribution in [2.45, 2.75) is 25.8 Å². The first-order valence-corrected chi connectivity index (χ1v) is 7.82. The molecular formula is C20H21NO. The summed E-state index contributed by atoms with van der Waals surface area (Å²) < 4.78 is 0. The van der Waals surface area contributed by atoms with E-state index in [9.17, 15) is 4.79 Å². The lowest BCUT2D eigenvalue weighted by Gasteiger charge is -2.34. The van der Waals surface area contributed by atoms with Crippen molar-refractivity contribution in [2.75, 3.05) is 6.54 Å². The number of fused-ring (bicyclic) bond motifs is 1. The molecule has 1 heterocycles. The van der Waals surface area contributed by atoms with Crippen molar-refractivity contribution in [3.8, 4) is 11.1 Å². The van der Waals surface area contributed by atoms with Crippen LogP contribution in [0, 0.1) is 0 Å². The van der Waals surface area contributed by atoms with Crippen molar-refractivity contribution in [1.82, 2.24) is 4.90 Å². The fourth-order valence-electron chi connectivity index (χ4n) is 3.21. The molecule has 0 aromatic heterocycles. The van der Waals surface area contributed by atoms with E-state index in [2.05, 4.69) is 56.0 Å². The predicted octanol–water partition coefficient (Wildman–Crippen LogP) is 4.38. The lowest BCUT2D eigenvalue weighted by atomic mass is 9.85. The number of carbonyl (C=O) groups excluding carboxylic acids is 1. The second-order valence-corrected chi connectivity index (χ2v) is 5.81. The third-order valence-corrected chi connectivity index (χ3v) is 4.47. The smallest absolute Gasteiger partial charge is 0.246 e. The molecule has 1 aliphatic heterocycles. The molecule has 0 aliphatic carbocycles. The highest BCUT2D eigenvalue weighted by atomic mass is 16.2. The second kappa shape index (κ2) is 6.18. The summed E-state index contributed by atoms with van der Waals surface area (Å²) in [5.41, 5.74) is 5.14. The van der Waals surface area contributed by atoms with E-state index < -0.39 is 0 Å². The largest absolute Gasteiger partial charge is 0.334 e. The van der Waals surface area contributed by atoms with E-state index in [1.54, 1.807) is 0 Å². The van der Waals surface area contributed by atoms with E-state index in [4.69, 9.17) is 0 Å². The Hall–Kier alpha value is -2.35. The van der Waals surface area contributed by atoms with E-state index in [1.165, 1.54) is 28.3 Å². The zero-order valence-electron chi connectivity index (χ0n) is 13.0. The van der Waals surface area contributed by atoms with Crippen LogP contribution in [0.25, 0.3) is 11.1 Å². The van der Waals surface area contributed by atoms with Gasteiger partial charge < -0.3 is 4.90 Å². The molecule has 2 aromatic rings. The molecule has 0 fully saturated rings. The summed E-state index contributed by atoms with van der Waals surface area (Å²) >= 11 is 0. The maximum absolute atomic E-state index is 11.9. The Morgan fingerprint density at radius 2 is 2.00 bits per heavy atom. The van der Waals surface area contributed by atoms with E-state index in [-0.39, 0.29) is 5.91 Å². The van der Waals surface area contributed by atoms with Crippen LogP contribution in [0.4, 0.5) is 0 Å². The molecule has 22 heavy (non-hydrogen) atoms. The highest BCUT2D eigenvalue weighted by Crippen LogP contribution is 2.34. The van der Waals surface area contributed by atoms with Crippen molar-refractivity contribution < 1.29 is 4.79 Å². The van der Waals surface area contributed by atoms with Gasteiger partial charge in [-0.25, -0.2) is 0 Å². The van der Waals surface area contributed by atoms with E-state index >= 15 is 0 Å². The number of carbonyl (C=O) groups is 1. The molecule has 0 spiro atoms. The van der Waals surface area contributed by atoms with Crippen molar-refractivity contribution in [2.24, 2.45) is 0 Å². The van der Waals surface area contributed by atoms with Gasteiger partial charge in [-0.1, -0.05) is 62.0 Å². The van der Waals surface area contributed by atoms with Crippen LogP contribution in [-0.4, -0.2) is 17.4 Å². The Kier molecular flexibility index (Phi) is 4.10.